The molecule has 0 saturated heterocycles. The first kappa shape index (κ1) is 12.4. The minimum absolute atomic E-state index is 0.588. The van der Waals surface area contributed by atoms with Gasteiger partial charge in [-0.05, 0) is 25.5 Å². The maximum Gasteiger partial charge on any atom is 0.0801 e. The fourth-order valence-electron chi connectivity index (χ4n) is 1.31. The molecule has 0 aliphatic rings. The van der Waals surface area contributed by atoms with Crippen molar-refractivity contribution in [2.75, 3.05) is 13.1 Å². The second kappa shape index (κ2) is 6.03. The first-order chi connectivity index (χ1) is 7.15. The fraction of sp³-hybridized carbons (Fsp3) is 0.583. The lowest BCUT2D eigenvalue weighted by molar-refractivity contribution is 0.683. The molecule has 1 N–H and O–H groups in total. The van der Waals surface area contributed by atoms with Gasteiger partial charge in [-0.3, -0.25) is 0 Å². The lowest BCUT2D eigenvalue weighted by Gasteiger charge is -2.11. The molecule has 2 nitrogen and oxygen atoms in total. The van der Waals surface area contributed by atoms with Gasteiger partial charge in [0.25, 0.3) is 0 Å². The van der Waals surface area contributed by atoms with Crippen LogP contribution in [0, 0.1) is 12.8 Å². The van der Waals surface area contributed by atoms with E-state index in [1.165, 1.54) is 10.5 Å². The molecule has 0 aromatic carbocycles. The third-order valence-electron chi connectivity index (χ3n) is 2.42. The van der Waals surface area contributed by atoms with Crippen molar-refractivity contribution in [1.82, 2.24) is 10.3 Å². The molecule has 0 aliphatic heterocycles. The molecular weight excluding hydrogens is 204 g/mol. The zero-order chi connectivity index (χ0) is 11.3. The Morgan fingerprint density at radius 2 is 2.33 bits per heavy atom. The van der Waals surface area contributed by atoms with Gasteiger partial charge < -0.3 is 5.32 Å². The normalized spacial score (nSPS) is 12.5. The van der Waals surface area contributed by atoms with Gasteiger partial charge >= 0.3 is 0 Å². The number of likely N-dealkylation sites (N-methyl/N-ethyl adjacent to an activating group) is 1. The molecule has 0 saturated carbocycles. The Bertz CT molecular complexity index is 326. The van der Waals surface area contributed by atoms with Crippen molar-refractivity contribution in [3.05, 3.63) is 21.7 Å². The molecule has 0 aliphatic carbocycles. The maximum absolute atomic E-state index is 4.26. The maximum atomic E-state index is 4.26. The van der Waals surface area contributed by atoms with Crippen LogP contribution in [0.15, 0.2) is 11.1 Å². The van der Waals surface area contributed by atoms with E-state index in [1.807, 2.05) is 5.51 Å². The average Bonchev–Trinajstić information content (AvgIpc) is 2.58. The molecule has 0 spiro atoms. The van der Waals surface area contributed by atoms with Crippen molar-refractivity contribution in [2.24, 2.45) is 5.92 Å². The van der Waals surface area contributed by atoms with Crippen LogP contribution < -0.4 is 5.32 Å². The van der Waals surface area contributed by atoms with Crippen LogP contribution in [0.5, 0.6) is 0 Å². The number of aromatic nitrogens is 1. The zero-order valence-corrected chi connectivity index (χ0v) is 10.8. The predicted octanol–water partition coefficient (Wildman–Crippen LogP) is 3.10. The summed E-state index contributed by atoms with van der Waals surface area (Å²) in [6.45, 7) is 10.7. The van der Waals surface area contributed by atoms with Crippen molar-refractivity contribution >= 4 is 17.4 Å². The van der Waals surface area contributed by atoms with Crippen LogP contribution in [0.4, 0.5) is 0 Å². The Labute approximate surface area is 96.4 Å². The zero-order valence-electron chi connectivity index (χ0n) is 10.0. The Morgan fingerprint density at radius 3 is 2.80 bits per heavy atom. The minimum atomic E-state index is 0.588. The summed E-state index contributed by atoms with van der Waals surface area (Å²) in [4.78, 5) is 5.55. The van der Waals surface area contributed by atoms with Crippen LogP contribution in [0.1, 0.15) is 31.3 Å². The monoisotopic (exact) mass is 224 g/mol. The Hall–Kier alpha value is -0.670. The van der Waals surface area contributed by atoms with E-state index >= 15 is 0 Å². The summed E-state index contributed by atoms with van der Waals surface area (Å²) in [5.41, 5.74) is 4.49. The summed E-state index contributed by atoms with van der Waals surface area (Å²) in [5, 5.41) is 3.38. The molecule has 0 fully saturated rings. The second-order valence-corrected chi connectivity index (χ2v) is 4.84. The van der Waals surface area contributed by atoms with Crippen molar-refractivity contribution in [3.63, 3.8) is 0 Å². The summed E-state index contributed by atoms with van der Waals surface area (Å²) >= 11 is 1.71. The van der Waals surface area contributed by atoms with Gasteiger partial charge in [-0.15, -0.1) is 11.3 Å². The lowest BCUT2D eigenvalue weighted by atomic mass is 10.0. The Morgan fingerprint density at radius 1 is 1.60 bits per heavy atom. The highest BCUT2D eigenvalue weighted by molar-refractivity contribution is 7.10. The first-order valence-electron chi connectivity index (χ1n) is 5.46. The molecule has 0 unspecified atom stereocenters. The molecule has 1 aromatic rings. The van der Waals surface area contributed by atoms with Crippen molar-refractivity contribution in [3.8, 4) is 0 Å². The topological polar surface area (TPSA) is 24.9 Å². The third-order valence-corrected chi connectivity index (χ3v) is 3.30. The molecule has 3 heteroatoms. The van der Waals surface area contributed by atoms with Gasteiger partial charge in [0, 0.05) is 11.4 Å². The van der Waals surface area contributed by atoms with Gasteiger partial charge in [0.15, 0.2) is 0 Å². The van der Waals surface area contributed by atoms with E-state index in [1.54, 1.807) is 11.3 Å². The molecule has 1 heterocycles. The van der Waals surface area contributed by atoms with Crippen LogP contribution in [0.3, 0.4) is 0 Å². The largest absolute Gasteiger partial charge is 0.313 e. The van der Waals surface area contributed by atoms with Crippen LogP contribution in [-0.2, 0) is 0 Å². The summed E-state index contributed by atoms with van der Waals surface area (Å²) in [6, 6.07) is 0. The Kier molecular flexibility index (Phi) is 4.99. The third kappa shape index (κ3) is 3.76. The van der Waals surface area contributed by atoms with E-state index in [4.69, 9.17) is 0 Å². The van der Waals surface area contributed by atoms with Gasteiger partial charge in [0.2, 0.25) is 0 Å². The average molecular weight is 224 g/mol. The van der Waals surface area contributed by atoms with E-state index in [9.17, 15) is 0 Å². The molecule has 0 atom stereocenters. The minimum Gasteiger partial charge on any atom is -0.313 e. The second-order valence-electron chi connectivity index (χ2n) is 3.96. The van der Waals surface area contributed by atoms with Crippen LogP contribution in [-0.4, -0.2) is 18.1 Å². The van der Waals surface area contributed by atoms with Gasteiger partial charge in [0.1, 0.15) is 0 Å². The molecule has 1 aromatic heterocycles. The van der Waals surface area contributed by atoms with Crippen molar-refractivity contribution < 1.29 is 0 Å². The predicted molar refractivity (Wildman–Crippen MR) is 68.2 cm³/mol. The quantitative estimate of drug-likeness (QED) is 0.831. The smallest absolute Gasteiger partial charge is 0.0801 e. The fourth-order valence-corrected chi connectivity index (χ4v) is 2.08. The standard InChI is InChI=1S/C12H20N2S/c1-5-13-7-11(9(2)3)6-12-10(4)14-8-15-12/h6,8-9,13H,5,7H2,1-4H3. The van der Waals surface area contributed by atoms with E-state index < -0.39 is 0 Å². The lowest BCUT2D eigenvalue weighted by Crippen LogP contribution is -2.18. The van der Waals surface area contributed by atoms with Gasteiger partial charge in [-0.1, -0.05) is 26.3 Å². The number of rotatable bonds is 5. The van der Waals surface area contributed by atoms with E-state index in [0.717, 1.165) is 18.8 Å². The highest BCUT2D eigenvalue weighted by atomic mass is 32.1. The number of aryl methyl sites for hydroxylation is 1. The Balaban J connectivity index is 2.79. The first-order valence-corrected chi connectivity index (χ1v) is 6.34. The molecule has 0 amide bonds. The van der Waals surface area contributed by atoms with Crippen LogP contribution in [0.2, 0.25) is 0 Å². The molecule has 15 heavy (non-hydrogen) atoms. The highest BCUT2D eigenvalue weighted by Crippen LogP contribution is 2.19. The SMILES string of the molecule is CCNCC(=Cc1scnc1C)C(C)C. The van der Waals surface area contributed by atoms with E-state index in [2.05, 4.69) is 44.1 Å². The van der Waals surface area contributed by atoms with Gasteiger partial charge in [-0.2, -0.15) is 0 Å². The summed E-state index contributed by atoms with van der Waals surface area (Å²) in [5.74, 6) is 0.588. The number of hydrogen-bond donors (Lipinski definition) is 1. The molecular formula is C12H20N2S. The van der Waals surface area contributed by atoms with Crippen LogP contribution >= 0.6 is 11.3 Å². The molecule has 1 rings (SSSR count). The van der Waals surface area contributed by atoms with Gasteiger partial charge in [0.05, 0.1) is 11.2 Å². The number of nitrogens with zero attached hydrogens (tertiary/aromatic N) is 1. The number of thiazole rings is 1. The molecule has 0 radical (unpaired) electrons. The number of hydrogen-bond acceptors (Lipinski definition) is 3. The van der Waals surface area contributed by atoms with Crippen LogP contribution in [0.25, 0.3) is 6.08 Å². The highest BCUT2D eigenvalue weighted by Gasteiger charge is 2.05. The summed E-state index contributed by atoms with van der Waals surface area (Å²) < 4.78 is 0. The number of nitrogens with one attached hydrogen (secondary N) is 1. The molecule has 0 bridgehead atoms. The van der Waals surface area contributed by atoms with Gasteiger partial charge in [-0.25, -0.2) is 4.98 Å². The summed E-state index contributed by atoms with van der Waals surface area (Å²) in [6.07, 6.45) is 2.28. The van der Waals surface area contributed by atoms with Crippen molar-refractivity contribution in [2.45, 2.75) is 27.7 Å². The van der Waals surface area contributed by atoms with E-state index in [0.29, 0.717) is 5.92 Å². The van der Waals surface area contributed by atoms with E-state index in [-0.39, 0.29) is 0 Å². The summed E-state index contributed by atoms with van der Waals surface area (Å²) in [7, 11) is 0. The van der Waals surface area contributed by atoms with Crippen molar-refractivity contribution in [1.29, 1.82) is 0 Å². The molecule has 84 valence electrons.